The number of carbonyl (C=O) groups excluding carboxylic acids is 2. The van der Waals surface area contributed by atoms with E-state index in [2.05, 4.69) is 25.9 Å². The number of aromatic nitrogens is 2. The van der Waals surface area contributed by atoms with E-state index in [0.717, 1.165) is 12.0 Å². The number of urea groups is 1. The molecule has 0 atom stereocenters. The van der Waals surface area contributed by atoms with Gasteiger partial charge in [0.15, 0.2) is 5.82 Å². The summed E-state index contributed by atoms with van der Waals surface area (Å²) in [5.74, 6) is 0.475. The molecule has 0 unspecified atom stereocenters. The molecule has 0 spiro atoms. The predicted molar refractivity (Wildman–Crippen MR) is 110 cm³/mol. The van der Waals surface area contributed by atoms with Crippen molar-refractivity contribution in [2.75, 3.05) is 24.3 Å². The third kappa shape index (κ3) is 5.77. The number of anilines is 2. The van der Waals surface area contributed by atoms with E-state index in [0.29, 0.717) is 29.4 Å². The lowest BCUT2D eigenvalue weighted by Crippen LogP contribution is -2.26. The van der Waals surface area contributed by atoms with Gasteiger partial charge in [-0.15, -0.1) is 0 Å². The van der Waals surface area contributed by atoms with E-state index in [1.54, 1.807) is 18.2 Å². The van der Waals surface area contributed by atoms with Gasteiger partial charge in [0.1, 0.15) is 5.75 Å². The van der Waals surface area contributed by atoms with Gasteiger partial charge in [-0.1, -0.05) is 30.3 Å². The second-order valence-corrected chi connectivity index (χ2v) is 6.08. The lowest BCUT2D eigenvalue weighted by Gasteiger charge is -2.12. The Labute approximate surface area is 168 Å². The number of nitrogens with zero attached hydrogens (tertiary/aromatic N) is 2. The van der Waals surface area contributed by atoms with E-state index in [9.17, 15) is 9.59 Å². The first-order chi connectivity index (χ1) is 14.2. The molecule has 1 heterocycles. The fraction of sp³-hybridized carbons (Fsp3) is 0.143. The minimum absolute atomic E-state index is 0.213. The number of nitrogens with one attached hydrogen (secondary N) is 3. The van der Waals surface area contributed by atoms with Crippen LogP contribution >= 0.6 is 0 Å². The number of amides is 3. The maximum atomic E-state index is 12.4. The zero-order chi connectivity index (χ0) is 20.5. The van der Waals surface area contributed by atoms with Crippen LogP contribution in [0.1, 0.15) is 15.9 Å². The van der Waals surface area contributed by atoms with Crippen molar-refractivity contribution >= 4 is 23.4 Å². The summed E-state index contributed by atoms with van der Waals surface area (Å²) >= 11 is 0. The van der Waals surface area contributed by atoms with Crippen LogP contribution in [0.5, 0.6) is 5.75 Å². The van der Waals surface area contributed by atoms with E-state index in [1.807, 2.05) is 30.3 Å². The summed E-state index contributed by atoms with van der Waals surface area (Å²) in [6.07, 6.45) is 5.16. The second-order valence-electron chi connectivity index (χ2n) is 6.08. The van der Waals surface area contributed by atoms with Crippen molar-refractivity contribution in [1.29, 1.82) is 0 Å². The number of hydrogen-bond donors (Lipinski definition) is 3. The van der Waals surface area contributed by atoms with Crippen molar-refractivity contribution in [1.82, 2.24) is 15.3 Å². The monoisotopic (exact) mass is 391 g/mol. The van der Waals surface area contributed by atoms with Crippen LogP contribution in [0, 0.1) is 0 Å². The molecule has 8 heteroatoms. The average molecular weight is 391 g/mol. The van der Waals surface area contributed by atoms with Crippen molar-refractivity contribution in [2.45, 2.75) is 6.42 Å². The van der Waals surface area contributed by atoms with E-state index in [1.165, 1.54) is 25.7 Å². The van der Waals surface area contributed by atoms with Gasteiger partial charge in [-0.25, -0.2) is 9.78 Å². The Morgan fingerprint density at radius 1 is 1.03 bits per heavy atom. The molecule has 3 aromatic rings. The van der Waals surface area contributed by atoms with Crippen molar-refractivity contribution < 1.29 is 14.3 Å². The maximum Gasteiger partial charge on any atom is 0.324 e. The van der Waals surface area contributed by atoms with Gasteiger partial charge in [0.25, 0.3) is 5.91 Å². The van der Waals surface area contributed by atoms with E-state index in [-0.39, 0.29) is 5.91 Å². The first kappa shape index (κ1) is 19.8. The Hall–Kier alpha value is -3.94. The predicted octanol–water partition coefficient (Wildman–Crippen LogP) is 3.10. The summed E-state index contributed by atoms with van der Waals surface area (Å²) in [5, 5.41) is 8.11. The highest BCUT2D eigenvalue weighted by Crippen LogP contribution is 2.25. The highest BCUT2D eigenvalue weighted by Gasteiger charge is 2.12. The molecule has 0 saturated heterocycles. The molecule has 0 bridgehead atoms. The van der Waals surface area contributed by atoms with Crippen LogP contribution in [0.2, 0.25) is 0 Å². The van der Waals surface area contributed by atoms with Crippen LogP contribution in [0.3, 0.4) is 0 Å². The number of carbonyl (C=O) groups is 2. The SMILES string of the molecule is COc1cc(C(=O)NCCc2ccccc2)ccc1NC(=O)Nc1cnccn1. The minimum Gasteiger partial charge on any atom is -0.495 e. The quantitative estimate of drug-likeness (QED) is 0.574. The van der Waals surface area contributed by atoms with Crippen molar-refractivity contribution in [3.05, 3.63) is 78.2 Å². The normalized spacial score (nSPS) is 10.1. The van der Waals surface area contributed by atoms with Crippen molar-refractivity contribution in [3.63, 3.8) is 0 Å². The highest BCUT2D eigenvalue weighted by atomic mass is 16.5. The van der Waals surface area contributed by atoms with Gasteiger partial charge >= 0.3 is 6.03 Å². The van der Waals surface area contributed by atoms with Gasteiger partial charge in [0.05, 0.1) is 19.0 Å². The molecule has 1 aromatic heterocycles. The molecule has 3 rings (SSSR count). The summed E-state index contributed by atoms with van der Waals surface area (Å²) in [5.41, 5.74) is 2.02. The summed E-state index contributed by atoms with van der Waals surface area (Å²) in [6, 6.07) is 14.2. The lowest BCUT2D eigenvalue weighted by atomic mass is 10.1. The molecule has 0 fully saturated rings. The van der Waals surface area contributed by atoms with Gasteiger partial charge in [-0.05, 0) is 30.2 Å². The number of benzene rings is 2. The zero-order valence-corrected chi connectivity index (χ0v) is 15.9. The molecule has 0 aliphatic rings. The molecule has 3 N–H and O–H groups in total. The Kier molecular flexibility index (Phi) is 6.72. The third-order valence-corrected chi connectivity index (χ3v) is 4.06. The highest BCUT2D eigenvalue weighted by molar-refractivity contribution is 6.01. The molecule has 148 valence electrons. The number of ether oxygens (including phenoxy) is 1. The Morgan fingerprint density at radius 3 is 2.59 bits per heavy atom. The van der Waals surface area contributed by atoms with E-state index < -0.39 is 6.03 Å². The van der Waals surface area contributed by atoms with Crippen molar-refractivity contribution in [2.24, 2.45) is 0 Å². The van der Waals surface area contributed by atoms with Gasteiger partial charge in [-0.2, -0.15) is 0 Å². The molecule has 2 aromatic carbocycles. The molecule has 0 saturated carbocycles. The van der Waals surface area contributed by atoms with Crippen LogP contribution in [-0.2, 0) is 6.42 Å². The topological polar surface area (TPSA) is 105 Å². The first-order valence-electron chi connectivity index (χ1n) is 9.00. The maximum absolute atomic E-state index is 12.4. The molecule has 8 nitrogen and oxygen atoms in total. The minimum atomic E-state index is -0.496. The fourth-order valence-corrected chi connectivity index (χ4v) is 2.64. The van der Waals surface area contributed by atoms with Crippen LogP contribution in [0.25, 0.3) is 0 Å². The molecule has 0 aliphatic heterocycles. The molecular weight excluding hydrogens is 370 g/mol. The summed E-state index contributed by atoms with van der Waals surface area (Å²) in [7, 11) is 1.47. The fourth-order valence-electron chi connectivity index (χ4n) is 2.64. The zero-order valence-electron chi connectivity index (χ0n) is 15.9. The smallest absolute Gasteiger partial charge is 0.324 e. The summed E-state index contributed by atoms with van der Waals surface area (Å²) < 4.78 is 5.31. The van der Waals surface area contributed by atoms with Gasteiger partial charge in [-0.3, -0.25) is 15.1 Å². The van der Waals surface area contributed by atoms with Crippen LogP contribution in [0.15, 0.2) is 67.1 Å². The number of methoxy groups -OCH3 is 1. The molecule has 29 heavy (non-hydrogen) atoms. The largest absolute Gasteiger partial charge is 0.495 e. The Balaban J connectivity index is 1.58. The standard InChI is InChI=1S/C21H21N5O3/c1-29-18-13-16(20(27)24-10-9-15-5-3-2-4-6-15)7-8-17(18)25-21(28)26-19-14-22-11-12-23-19/h2-8,11-14H,9-10H2,1H3,(H,24,27)(H2,23,25,26,28). The lowest BCUT2D eigenvalue weighted by molar-refractivity contribution is 0.0954. The second kappa shape index (κ2) is 9.84. The molecule has 0 aliphatic carbocycles. The number of rotatable bonds is 7. The van der Waals surface area contributed by atoms with Gasteiger partial charge in [0, 0.05) is 24.5 Å². The van der Waals surface area contributed by atoms with Crippen LogP contribution in [0.4, 0.5) is 16.3 Å². The molecular formula is C21H21N5O3. The molecule has 0 radical (unpaired) electrons. The van der Waals surface area contributed by atoms with Crippen LogP contribution in [-0.4, -0.2) is 35.6 Å². The number of hydrogen-bond acceptors (Lipinski definition) is 5. The van der Waals surface area contributed by atoms with E-state index in [4.69, 9.17) is 4.74 Å². The van der Waals surface area contributed by atoms with Crippen LogP contribution < -0.4 is 20.7 Å². The van der Waals surface area contributed by atoms with Gasteiger partial charge < -0.3 is 15.4 Å². The van der Waals surface area contributed by atoms with Crippen molar-refractivity contribution in [3.8, 4) is 5.75 Å². The first-order valence-corrected chi connectivity index (χ1v) is 9.00. The Morgan fingerprint density at radius 2 is 1.86 bits per heavy atom. The van der Waals surface area contributed by atoms with E-state index >= 15 is 0 Å². The van der Waals surface area contributed by atoms with Gasteiger partial charge in [0.2, 0.25) is 0 Å². The summed E-state index contributed by atoms with van der Waals surface area (Å²) in [4.78, 5) is 32.4. The molecule has 3 amide bonds. The summed E-state index contributed by atoms with van der Waals surface area (Å²) in [6.45, 7) is 0.520. The Bertz CT molecular complexity index is 965. The average Bonchev–Trinajstić information content (AvgIpc) is 2.75. The third-order valence-electron chi connectivity index (χ3n) is 4.06.